The first-order valence-electron chi connectivity index (χ1n) is 5.28. The van der Waals surface area contributed by atoms with Crippen LogP contribution in [0, 0.1) is 6.92 Å². The van der Waals surface area contributed by atoms with Crippen LogP contribution in [-0.4, -0.2) is 20.1 Å². The summed E-state index contributed by atoms with van der Waals surface area (Å²) in [4.78, 5) is 23.5. The molecule has 0 radical (unpaired) electrons. The van der Waals surface area contributed by atoms with Crippen LogP contribution in [0.2, 0.25) is 0 Å². The van der Waals surface area contributed by atoms with Crippen LogP contribution in [-0.2, 0) is 0 Å². The number of nitrogens with one attached hydrogen (secondary N) is 1. The van der Waals surface area contributed by atoms with Gasteiger partial charge in [0.25, 0.3) is 5.56 Å². The molecule has 3 rings (SSSR count). The van der Waals surface area contributed by atoms with Crippen molar-refractivity contribution >= 4 is 22.2 Å². The molecule has 2 aromatic heterocycles. The van der Waals surface area contributed by atoms with Crippen molar-refractivity contribution in [1.29, 1.82) is 0 Å². The van der Waals surface area contributed by atoms with Gasteiger partial charge in [-0.2, -0.15) is 0 Å². The zero-order valence-corrected chi connectivity index (χ0v) is 10.3. The number of hydrogen-bond donors (Lipinski definition) is 2. The Bertz CT molecular complexity index is 791. The number of aromatic nitrogens is 3. The molecule has 0 spiro atoms. The lowest BCUT2D eigenvalue weighted by Gasteiger charge is -2.02. The maximum atomic E-state index is 11.7. The van der Waals surface area contributed by atoms with Gasteiger partial charge >= 0.3 is 0 Å². The average Bonchev–Trinajstić information content (AvgIpc) is 2.77. The van der Waals surface area contributed by atoms with Crippen LogP contribution >= 0.6 is 11.3 Å². The van der Waals surface area contributed by atoms with E-state index in [2.05, 4.69) is 15.0 Å². The van der Waals surface area contributed by atoms with Crippen molar-refractivity contribution in [3.8, 4) is 16.3 Å². The Morgan fingerprint density at radius 3 is 2.89 bits per heavy atom. The Balaban J connectivity index is 2.33. The largest absolute Gasteiger partial charge is 0.506 e. The molecule has 2 N–H and O–H groups in total. The number of hydrogen-bond acceptors (Lipinski definition) is 5. The van der Waals surface area contributed by atoms with Crippen LogP contribution in [0.15, 0.2) is 29.5 Å². The minimum absolute atomic E-state index is 0.0125. The molecule has 0 saturated carbocycles. The fourth-order valence-corrected chi connectivity index (χ4v) is 2.52. The minimum atomic E-state index is -0.273. The Morgan fingerprint density at radius 1 is 1.33 bits per heavy atom. The number of rotatable bonds is 1. The van der Waals surface area contributed by atoms with E-state index in [-0.39, 0.29) is 11.3 Å². The molecule has 90 valence electrons. The highest BCUT2D eigenvalue weighted by atomic mass is 32.1. The highest BCUT2D eigenvalue weighted by Crippen LogP contribution is 2.31. The van der Waals surface area contributed by atoms with Crippen molar-refractivity contribution in [1.82, 2.24) is 15.0 Å². The Morgan fingerprint density at radius 2 is 2.17 bits per heavy atom. The van der Waals surface area contributed by atoms with Crippen molar-refractivity contribution < 1.29 is 5.11 Å². The molecule has 0 fully saturated rings. The number of H-pyrrole nitrogens is 1. The number of benzene rings is 1. The molecule has 0 amide bonds. The molecule has 0 bridgehead atoms. The van der Waals surface area contributed by atoms with E-state index in [0.29, 0.717) is 10.9 Å². The van der Waals surface area contributed by atoms with Gasteiger partial charge in [-0.3, -0.25) is 4.79 Å². The van der Waals surface area contributed by atoms with E-state index in [0.717, 1.165) is 15.4 Å². The van der Waals surface area contributed by atoms with Gasteiger partial charge in [-0.25, -0.2) is 9.97 Å². The summed E-state index contributed by atoms with van der Waals surface area (Å²) in [6.07, 6.45) is 3.03. The third-order valence-electron chi connectivity index (χ3n) is 2.59. The predicted molar refractivity (Wildman–Crippen MR) is 69.9 cm³/mol. The van der Waals surface area contributed by atoms with E-state index < -0.39 is 0 Å². The molecule has 6 heteroatoms. The number of aromatic amines is 1. The van der Waals surface area contributed by atoms with Gasteiger partial charge in [0, 0.05) is 16.6 Å². The first-order chi connectivity index (χ1) is 8.65. The summed E-state index contributed by atoms with van der Waals surface area (Å²) in [6.45, 7) is 1.95. The molecular weight excluding hydrogens is 250 g/mol. The first kappa shape index (κ1) is 10.9. The highest BCUT2D eigenvalue weighted by Gasteiger charge is 2.10. The van der Waals surface area contributed by atoms with E-state index in [1.54, 1.807) is 18.3 Å². The summed E-state index contributed by atoms with van der Waals surface area (Å²) in [5.41, 5.74) is 0.748. The van der Waals surface area contributed by atoms with Crippen LogP contribution in [0.5, 0.6) is 5.75 Å². The van der Waals surface area contributed by atoms with Crippen LogP contribution in [0.3, 0.4) is 0 Å². The second-order valence-corrected chi connectivity index (χ2v) is 5.13. The summed E-state index contributed by atoms with van der Waals surface area (Å²) < 4.78 is 0. The van der Waals surface area contributed by atoms with Crippen LogP contribution in [0.25, 0.3) is 21.5 Å². The van der Waals surface area contributed by atoms with Crippen molar-refractivity contribution in [2.75, 3.05) is 0 Å². The molecular formula is C12H9N3O2S. The topological polar surface area (TPSA) is 78.9 Å². The Kier molecular flexibility index (Phi) is 2.38. The lowest BCUT2D eigenvalue weighted by molar-refractivity contribution is 0.480. The van der Waals surface area contributed by atoms with E-state index >= 15 is 0 Å². The van der Waals surface area contributed by atoms with Crippen molar-refractivity contribution in [2.24, 2.45) is 0 Å². The quantitative estimate of drug-likeness (QED) is 0.701. The molecule has 1 aromatic carbocycles. The molecule has 5 nitrogen and oxygen atoms in total. The highest BCUT2D eigenvalue weighted by molar-refractivity contribution is 7.14. The summed E-state index contributed by atoms with van der Waals surface area (Å²) in [6, 6.07) is 3.27. The maximum Gasteiger partial charge on any atom is 0.258 e. The smallest absolute Gasteiger partial charge is 0.258 e. The minimum Gasteiger partial charge on any atom is -0.506 e. The lowest BCUT2D eigenvalue weighted by Crippen LogP contribution is -2.06. The number of phenols is 1. The molecule has 0 atom stereocenters. The standard InChI is InChI=1S/C12H9N3O2S/c1-6-4-13-12(18-6)7-2-8-10(9(16)3-7)14-5-15-11(8)17/h2-5,16H,1H3,(H,14,15,17). The van der Waals surface area contributed by atoms with E-state index in [9.17, 15) is 9.90 Å². The molecule has 0 aliphatic heterocycles. The second-order valence-electron chi connectivity index (χ2n) is 3.90. The number of aryl methyl sites for hydroxylation is 1. The van der Waals surface area contributed by atoms with Gasteiger partial charge in [0.1, 0.15) is 16.3 Å². The van der Waals surface area contributed by atoms with E-state index in [1.807, 2.05) is 6.92 Å². The zero-order chi connectivity index (χ0) is 12.7. The monoisotopic (exact) mass is 259 g/mol. The van der Waals surface area contributed by atoms with Crippen molar-refractivity contribution in [2.45, 2.75) is 6.92 Å². The van der Waals surface area contributed by atoms with Gasteiger partial charge < -0.3 is 10.1 Å². The predicted octanol–water partition coefficient (Wildman–Crippen LogP) is 2.06. The lowest BCUT2D eigenvalue weighted by atomic mass is 10.1. The van der Waals surface area contributed by atoms with Crippen molar-refractivity contribution in [3.63, 3.8) is 0 Å². The first-order valence-corrected chi connectivity index (χ1v) is 6.10. The number of nitrogens with zero attached hydrogens (tertiary/aromatic N) is 2. The van der Waals surface area contributed by atoms with Crippen molar-refractivity contribution in [3.05, 3.63) is 39.9 Å². The summed E-state index contributed by atoms with van der Waals surface area (Å²) in [7, 11) is 0. The number of phenolic OH excluding ortho intramolecular Hbond substituents is 1. The normalized spacial score (nSPS) is 10.9. The van der Waals surface area contributed by atoms with Crippen LogP contribution in [0.1, 0.15) is 4.88 Å². The number of thiazole rings is 1. The zero-order valence-electron chi connectivity index (χ0n) is 9.47. The molecule has 18 heavy (non-hydrogen) atoms. The van der Waals surface area contributed by atoms with Gasteiger partial charge in [-0.1, -0.05) is 0 Å². The Hall–Kier alpha value is -2.21. The Labute approximate surface area is 106 Å². The summed E-state index contributed by atoms with van der Waals surface area (Å²) in [5.74, 6) is -0.0125. The summed E-state index contributed by atoms with van der Waals surface area (Å²) >= 11 is 1.51. The average molecular weight is 259 g/mol. The fraction of sp³-hybridized carbons (Fsp3) is 0.0833. The SMILES string of the molecule is Cc1cnc(-c2cc(O)c3nc[nH]c(=O)c3c2)s1. The molecule has 0 saturated heterocycles. The molecule has 0 aliphatic carbocycles. The van der Waals surface area contributed by atoms with Gasteiger partial charge in [0.15, 0.2) is 0 Å². The molecule has 2 heterocycles. The molecule has 0 aliphatic rings. The third kappa shape index (κ3) is 1.67. The molecule has 3 aromatic rings. The fourth-order valence-electron chi connectivity index (χ4n) is 1.77. The second kappa shape index (κ2) is 3.92. The number of fused-ring (bicyclic) bond motifs is 1. The van der Waals surface area contributed by atoms with Gasteiger partial charge in [0.2, 0.25) is 0 Å². The summed E-state index contributed by atoms with van der Waals surface area (Å²) in [5, 5.41) is 11.0. The number of aromatic hydroxyl groups is 1. The van der Waals surface area contributed by atoms with Gasteiger partial charge in [0.05, 0.1) is 11.7 Å². The maximum absolute atomic E-state index is 11.7. The molecule has 0 unspecified atom stereocenters. The van der Waals surface area contributed by atoms with Gasteiger partial charge in [-0.05, 0) is 19.1 Å². The van der Waals surface area contributed by atoms with E-state index in [1.165, 1.54) is 17.7 Å². The van der Waals surface area contributed by atoms with E-state index in [4.69, 9.17) is 0 Å². The van der Waals surface area contributed by atoms with Crippen LogP contribution in [0.4, 0.5) is 0 Å². The van der Waals surface area contributed by atoms with Crippen LogP contribution < -0.4 is 5.56 Å². The third-order valence-corrected chi connectivity index (χ3v) is 3.55. The van der Waals surface area contributed by atoms with Gasteiger partial charge in [-0.15, -0.1) is 11.3 Å².